The molecule has 8 heteroatoms. The molecular formula is C18H17ClFNO4S. The first-order valence-corrected chi connectivity index (χ1v) is 10.1. The van der Waals surface area contributed by atoms with Crippen LogP contribution in [0.25, 0.3) is 0 Å². The van der Waals surface area contributed by atoms with Crippen LogP contribution in [0.15, 0.2) is 41.3 Å². The summed E-state index contributed by atoms with van der Waals surface area (Å²) in [6.45, 7) is 1.37. The molecule has 0 aliphatic carbocycles. The molecule has 2 aliphatic rings. The molecule has 0 N–H and O–H groups in total. The zero-order valence-corrected chi connectivity index (χ0v) is 15.4. The summed E-state index contributed by atoms with van der Waals surface area (Å²) in [5.41, 5.74) is 0.850. The number of rotatable bonds is 3. The molecule has 0 unspecified atom stereocenters. The molecule has 1 saturated heterocycles. The topological polar surface area (TPSA) is 55.8 Å². The Balaban J connectivity index is 1.69. The second kappa shape index (κ2) is 6.72. The molecule has 0 radical (unpaired) electrons. The quantitative estimate of drug-likeness (QED) is 0.791. The number of ether oxygens (including phenoxy) is 2. The van der Waals surface area contributed by atoms with Crippen LogP contribution in [0.4, 0.5) is 4.39 Å². The third-order valence-electron chi connectivity index (χ3n) is 4.65. The summed E-state index contributed by atoms with van der Waals surface area (Å²) in [4.78, 5) is -0.00616. The summed E-state index contributed by atoms with van der Waals surface area (Å²) in [5, 5.41) is -0.207. The fourth-order valence-corrected chi connectivity index (χ4v) is 5.36. The summed E-state index contributed by atoms with van der Waals surface area (Å²) in [6.07, 6.45) is 1.45. The van der Waals surface area contributed by atoms with Gasteiger partial charge in [-0.25, -0.2) is 12.8 Å². The van der Waals surface area contributed by atoms with E-state index in [0.717, 1.165) is 24.1 Å². The summed E-state index contributed by atoms with van der Waals surface area (Å²) < 4.78 is 52.1. The highest BCUT2D eigenvalue weighted by Crippen LogP contribution is 2.40. The Labute approximate surface area is 156 Å². The average molecular weight is 398 g/mol. The molecule has 2 aromatic rings. The van der Waals surface area contributed by atoms with Gasteiger partial charge in [0.05, 0.1) is 16.0 Å². The number of halogens is 2. The van der Waals surface area contributed by atoms with E-state index in [-0.39, 0.29) is 16.0 Å². The largest absolute Gasteiger partial charge is 0.486 e. The molecule has 2 aliphatic heterocycles. The number of hydrogen-bond acceptors (Lipinski definition) is 4. The van der Waals surface area contributed by atoms with Crippen LogP contribution in [-0.4, -0.2) is 32.5 Å². The van der Waals surface area contributed by atoms with E-state index in [1.165, 1.54) is 10.4 Å². The highest BCUT2D eigenvalue weighted by molar-refractivity contribution is 7.89. The smallest absolute Gasteiger partial charge is 0.243 e. The lowest BCUT2D eigenvalue weighted by Gasteiger charge is -2.26. The van der Waals surface area contributed by atoms with Gasteiger partial charge in [0.15, 0.2) is 11.5 Å². The first kappa shape index (κ1) is 17.6. The Morgan fingerprint density at radius 1 is 1.08 bits per heavy atom. The van der Waals surface area contributed by atoms with E-state index < -0.39 is 15.8 Å². The van der Waals surface area contributed by atoms with Gasteiger partial charge in [0.25, 0.3) is 0 Å². The monoisotopic (exact) mass is 397 g/mol. The van der Waals surface area contributed by atoms with Gasteiger partial charge in [-0.15, -0.1) is 0 Å². The van der Waals surface area contributed by atoms with Crippen molar-refractivity contribution in [1.29, 1.82) is 0 Å². The van der Waals surface area contributed by atoms with Gasteiger partial charge in [-0.3, -0.25) is 0 Å². The lowest BCUT2D eigenvalue weighted by molar-refractivity contribution is 0.171. The highest BCUT2D eigenvalue weighted by Gasteiger charge is 2.37. The molecule has 138 valence electrons. The fraction of sp³-hybridized carbons (Fsp3) is 0.333. The molecule has 0 aromatic heterocycles. The number of hydrogen-bond donors (Lipinski definition) is 0. The van der Waals surface area contributed by atoms with Crippen molar-refractivity contribution in [1.82, 2.24) is 4.31 Å². The molecule has 26 heavy (non-hydrogen) atoms. The van der Waals surface area contributed by atoms with E-state index in [1.54, 1.807) is 0 Å². The van der Waals surface area contributed by atoms with Gasteiger partial charge in [-0.1, -0.05) is 17.7 Å². The van der Waals surface area contributed by atoms with Crippen LogP contribution in [0.2, 0.25) is 5.02 Å². The van der Waals surface area contributed by atoms with Gasteiger partial charge < -0.3 is 9.47 Å². The third kappa shape index (κ3) is 3.04. The van der Waals surface area contributed by atoms with Crippen molar-refractivity contribution < 1.29 is 22.3 Å². The van der Waals surface area contributed by atoms with E-state index in [9.17, 15) is 12.8 Å². The minimum absolute atomic E-state index is 0.00616. The number of nitrogens with zero attached hydrogens (tertiary/aromatic N) is 1. The molecule has 1 fully saturated rings. The van der Waals surface area contributed by atoms with Gasteiger partial charge in [-0.05, 0) is 48.7 Å². The normalized spacial score (nSPS) is 20.3. The van der Waals surface area contributed by atoms with Gasteiger partial charge in [-0.2, -0.15) is 4.31 Å². The summed E-state index contributed by atoms with van der Waals surface area (Å²) in [6, 6.07) is 8.68. The van der Waals surface area contributed by atoms with Crippen molar-refractivity contribution >= 4 is 21.6 Å². The first-order chi connectivity index (χ1) is 12.5. The van der Waals surface area contributed by atoms with Crippen LogP contribution in [0, 0.1) is 5.82 Å². The maximum Gasteiger partial charge on any atom is 0.243 e. The van der Waals surface area contributed by atoms with Crippen molar-refractivity contribution in [3.8, 4) is 11.5 Å². The van der Waals surface area contributed by atoms with Crippen LogP contribution in [0.1, 0.15) is 24.4 Å². The molecule has 5 nitrogen and oxygen atoms in total. The maximum atomic E-state index is 13.4. The SMILES string of the molecule is O=S(=O)(c1ccc(F)c(Cl)c1)N1CCC[C@@H]1c1ccc2c(c1)OCCO2. The summed E-state index contributed by atoms with van der Waals surface area (Å²) in [5.74, 6) is 0.649. The Bertz CT molecular complexity index is 950. The average Bonchev–Trinajstić information content (AvgIpc) is 3.14. The Hall–Kier alpha value is -1.83. The van der Waals surface area contributed by atoms with Crippen LogP contribution in [0.3, 0.4) is 0 Å². The number of fused-ring (bicyclic) bond motifs is 1. The predicted molar refractivity (Wildman–Crippen MR) is 94.7 cm³/mol. The maximum absolute atomic E-state index is 13.4. The lowest BCUT2D eigenvalue weighted by Crippen LogP contribution is -2.30. The van der Waals surface area contributed by atoms with Gasteiger partial charge in [0.2, 0.25) is 10.0 Å². The molecule has 0 saturated carbocycles. The second-order valence-electron chi connectivity index (χ2n) is 6.25. The molecule has 2 aromatic carbocycles. The standard InChI is InChI=1S/C18H17ClFNO4S/c19-14-11-13(4-5-15(14)20)26(22,23)21-7-1-2-16(21)12-3-6-17-18(10-12)25-9-8-24-17/h3-6,10-11,16H,1-2,7-9H2/t16-/m1/s1. The highest BCUT2D eigenvalue weighted by atomic mass is 35.5. The fourth-order valence-electron chi connectivity index (χ4n) is 3.40. The van der Waals surface area contributed by atoms with Crippen LogP contribution in [-0.2, 0) is 10.0 Å². The first-order valence-electron chi connectivity index (χ1n) is 8.33. The van der Waals surface area contributed by atoms with Crippen LogP contribution < -0.4 is 9.47 Å². The van der Waals surface area contributed by atoms with E-state index in [4.69, 9.17) is 21.1 Å². The number of sulfonamides is 1. The van der Waals surface area contributed by atoms with Crippen molar-refractivity contribution in [2.75, 3.05) is 19.8 Å². The van der Waals surface area contributed by atoms with Gasteiger partial charge >= 0.3 is 0 Å². The second-order valence-corrected chi connectivity index (χ2v) is 8.55. The van der Waals surface area contributed by atoms with Crippen LogP contribution >= 0.6 is 11.6 Å². The van der Waals surface area contributed by atoms with Crippen LogP contribution in [0.5, 0.6) is 11.5 Å². The van der Waals surface area contributed by atoms with Crippen molar-refractivity contribution in [3.05, 3.63) is 52.8 Å². The number of benzene rings is 2. The molecule has 1 atom stereocenters. The summed E-state index contributed by atoms with van der Waals surface area (Å²) in [7, 11) is -3.79. The lowest BCUT2D eigenvalue weighted by atomic mass is 10.0. The minimum atomic E-state index is -3.79. The van der Waals surface area contributed by atoms with E-state index in [2.05, 4.69) is 0 Å². The molecule has 4 rings (SSSR count). The molecular weight excluding hydrogens is 381 g/mol. The Morgan fingerprint density at radius 3 is 2.62 bits per heavy atom. The predicted octanol–water partition coefficient (Wildman–Crippen LogP) is 3.78. The molecule has 0 bridgehead atoms. The zero-order chi connectivity index (χ0) is 18.3. The Morgan fingerprint density at radius 2 is 1.85 bits per heavy atom. The van der Waals surface area contributed by atoms with Crippen molar-refractivity contribution in [3.63, 3.8) is 0 Å². The molecule has 2 heterocycles. The third-order valence-corrected chi connectivity index (χ3v) is 6.85. The van der Waals surface area contributed by atoms with Crippen molar-refractivity contribution in [2.24, 2.45) is 0 Å². The van der Waals surface area contributed by atoms with E-state index in [0.29, 0.717) is 37.7 Å². The van der Waals surface area contributed by atoms with Gasteiger partial charge in [0.1, 0.15) is 19.0 Å². The van der Waals surface area contributed by atoms with E-state index in [1.807, 2.05) is 18.2 Å². The van der Waals surface area contributed by atoms with Crippen molar-refractivity contribution in [2.45, 2.75) is 23.8 Å². The van der Waals surface area contributed by atoms with Gasteiger partial charge in [0, 0.05) is 6.54 Å². The Kier molecular flexibility index (Phi) is 4.54. The zero-order valence-electron chi connectivity index (χ0n) is 13.8. The molecule has 0 amide bonds. The summed E-state index contributed by atoms with van der Waals surface area (Å²) >= 11 is 5.77. The molecule has 0 spiro atoms. The van der Waals surface area contributed by atoms with E-state index >= 15 is 0 Å². The minimum Gasteiger partial charge on any atom is -0.486 e.